The number of alkyl halides is 3. The van der Waals surface area contributed by atoms with Crippen molar-refractivity contribution in [1.82, 2.24) is 0 Å². The smallest absolute Gasteiger partial charge is 0.665 e. The second-order valence-electron chi connectivity index (χ2n) is 2.17. The van der Waals surface area contributed by atoms with E-state index in [1.54, 1.807) is 0 Å². The Kier molecular flexibility index (Phi) is 4.38. The van der Waals surface area contributed by atoms with Crippen molar-refractivity contribution in [3.63, 3.8) is 0 Å². The average Bonchev–Trinajstić information content (AvgIpc) is 2.03. The second-order valence-corrected chi connectivity index (χ2v) is 2.17. The van der Waals surface area contributed by atoms with E-state index in [1.807, 2.05) is 0 Å². The largest absolute Gasteiger partial charge is 1.00 e. The Balaban J connectivity index is 0.00000144. The van der Waals surface area contributed by atoms with Crippen LogP contribution in [0.15, 0.2) is 24.3 Å². The summed E-state index contributed by atoms with van der Waals surface area (Å²) in [6, 6.07) is 4.54. The SMILES string of the molecule is [CH2-]Oc1cccc(C(F)(F)F)c1.[Li+]. The molecule has 0 saturated heterocycles. The van der Waals surface area contributed by atoms with Gasteiger partial charge in [-0.15, -0.1) is 0 Å². The van der Waals surface area contributed by atoms with Crippen LogP contribution in [0.25, 0.3) is 0 Å². The topological polar surface area (TPSA) is 9.23 Å². The van der Waals surface area contributed by atoms with E-state index in [-0.39, 0.29) is 24.6 Å². The van der Waals surface area contributed by atoms with Crippen LogP contribution in [0, 0.1) is 7.11 Å². The molecule has 1 nitrogen and oxygen atoms in total. The van der Waals surface area contributed by atoms with Gasteiger partial charge in [0.2, 0.25) is 0 Å². The molecule has 0 atom stereocenters. The van der Waals surface area contributed by atoms with Crippen molar-refractivity contribution in [1.29, 1.82) is 0 Å². The summed E-state index contributed by atoms with van der Waals surface area (Å²) < 4.78 is 40.5. The molecule has 0 aliphatic rings. The molecule has 13 heavy (non-hydrogen) atoms. The van der Waals surface area contributed by atoms with Gasteiger partial charge in [-0.05, 0) is 18.2 Å². The Hall–Kier alpha value is -0.593. The Labute approximate surface area is 86.1 Å². The first-order valence-electron chi connectivity index (χ1n) is 3.13. The molecule has 0 heterocycles. The van der Waals surface area contributed by atoms with Crippen LogP contribution in [0.5, 0.6) is 5.75 Å². The molecule has 0 bridgehead atoms. The summed E-state index contributed by atoms with van der Waals surface area (Å²) in [4.78, 5) is 0. The molecule has 66 valence electrons. The number of rotatable bonds is 1. The fourth-order valence-electron chi connectivity index (χ4n) is 0.762. The van der Waals surface area contributed by atoms with E-state index in [2.05, 4.69) is 11.8 Å². The van der Waals surface area contributed by atoms with Gasteiger partial charge in [0.1, 0.15) is 0 Å². The van der Waals surface area contributed by atoms with Crippen molar-refractivity contribution in [2.24, 2.45) is 0 Å². The Morgan fingerprint density at radius 2 is 1.85 bits per heavy atom. The third-order valence-electron chi connectivity index (χ3n) is 1.33. The van der Waals surface area contributed by atoms with E-state index in [0.29, 0.717) is 0 Å². The zero-order valence-corrected chi connectivity index (χ0v) is 7.06. The molecule has 0 spiro atoms. The van der Waals surface area contributed by atoms with Crippen LogP contribution in [-0.2, 0) is 6.18 Å². The standard InChI is InChI=1S/C8H6F3O.Li/c1-12-7-4-2-3-6(5-7)8(9,10)11;/h2-5H,1H2;/q-1;+1. The van der Waals surface area contributed by atoms with E-state index < -0.39 is 11.7 Å². The maximum Gasteiger partial charge on any atom is 1.00 e. The minimum absolute atomic E-state index is 0. The van der Waals surface area contributed by atoms with Crippen molar-refractivity contribution < 1.29 is 36.8 Å². The zero-order valence-electron chi connectivity index (χ0n) is 7.06. The summed E-state index contributed by atoms with van der Waals surface area (Å²) in [6.07, 6.45) is -4.32. The number of halogens is 3. The van der Waals surface area contributed by atoms with E-state index >= 15 is 0 Å². The second kappa shape index (κ2) is 4.59. The van der Waals surface area contributed by atoms with Crippen molar-refractivity contribution in [3.8, 4) is 5.75 Å². The van der Waals surface area contributed by atoms with E-state index in [1.165, 1.54) is 12.1 Å². The van der Waals surface area contributed by atoms with Gasteiger partial charge in [0, 0.05) is 0 Å². The first kappa shape index (κ1) is 12.4. The van der Waals surface area contributed by atoms with Gasteiger partial charge in [-0.2, -0.15) is 20.3 Å². The van der Waals surface area contributed by atoms with Gasteiger partial charge in [0.25, 0.3) is 0 Å². The number of ether oxygens (including phenoxy) is 1. The molecule has 0 unspecified atom stereocenters. The Bertz CT molecular complexity index is 272. The Morgan fingerprint density at radius 3 is 2.31 bits per heavy atom. The molecular formula is C8H6F3LiO. The van der Waals surface area contributed by atoms with Crippen LogP contribution >= 0.6 is 0 Å². The maximum absolute atomic E-state index is 12.0. The predicted molar refractivity (Wildman–Crippen MR) is 37.4 cm³/mol. The first-order chi connectivity index (χ1) is 5.54. The van der Waals surface area contributed by atoms with Crippen molar-refractivity contribution in [2.45, 2.75) is 6.18 Å². The van der Waals surface area contributed by atoms with E-state index in [9.17, 15) is 13.2 Å². The molecule has 0 saturated carbocycles. The van der Waals surface area contributed by atoms with Gasteiger partial charge >= 0.3 is 25.0 Å². The molecule has 5 heteroatoms. The molecule has 1 rings (SSSR count). The monoisotopic (exact) mass is 182 g/mol. The third-order valence-corrected chi connectivity index (χ3v) is 1.33. The molecule has 0 radical (unpaired) electrons. The van der Waals surface area contributed by atoms with Gasteiger partial charge in [-0.3, -0.25) is 0 Å². The molecule has 0 N–H and O–H groups in total. The summed E-state index contributed by atoms with van der Waals surface area (Å²) in [6.45, 7) is 0. The van der Waals surface area contributed by atoms with Crippen molar-refractivity contribution in [2.75, 3.05) is 0 Å². The normalized spacial score (nSPS) is 10.5. The zero-order chi connectivity index (χ0) is 9.19. The predicted octanol–water partition coefficient (Wildman–Crippen LogP) is -0.120. The van der Waals surface area contributed by atoms with Gasteiger partial charge in [-0.1, -0.05) is 6.07 Å². The van der Waals surface area contributed by atoms with E-state index in [4.69, 9.17) is 0 Å². The molecule has 0 aromatic heterocycles. The first-order valence-corrected chi connectivity index (χ1v) is 3.13. The fourth-order valence-corrected chi connectivity index (χ4v) is 0.762. The van der Waals surface area contributed by atoms with Crippen molar-refractivity contribution >= 4 is 0 Å². The van der Waals surface area contributed by atoms with Crippen LogP contribution in [-0.4, -0.2) is 0 Å². The van der Waals surface area contributed by atoms with Crippen LogP contribution in [0.1, 0.15) is 5.56 Å². The summed E-state index contributed by atoms with van der Waals surface area (Å²) in [5.41, 5.74) is -0.733. The summed E-state index contributed by atoms with van der Waals surface area (Å²) in [7, 11) is 3.01. The molecule has 0 fully saturated rings. The number of hydrogen-bond donors (Lipinski definition) is 0. The maximum atomic E-state index is 12.0. The Morgan fingerprint density at radius 1 is 1.23 bits per heavy atom. The van der Waals surface area contributed by atoms with Gasteiger partial charge in [0.15, 0.2) is 0 Å². The molecule has 0 amide bonds. The summed E-state index contributed by atoms with van der Waals surface area (Å²) in [5.74, 6) is 0.102. The van der Waals surface area contributed by atoms with Gasteiger partial charge in [0.05, 0.1) is 11.3 Å². The minimum Gasteiger partial charge on any atom is -0.665 e. The van der Waals surface area contributed by atoms with Gasteiger partial charge in [-0.25, -0.2) is 0 Å². The summed E-state index contributed by atoms with van der Waals surface area (Å²) in [5, 5.41) is 0. The number of hydrogen-bond acceptors (Lipinski definition) is 1. The van der Waals surface area contributed by atoms with Crippen LogP contribution in [0.3, 0.4) is 0 Å². The third kappa shape index (κ3) is 3.33. The van der Waals surface area contributed by atoms with Crippen LogP contribution < -0.4 is 23.6 Å². The van der Waals surface area contributed by atoms with Gasteiger partial charge < -0.3 is 4.74 Å². The molecule has 0 aliphatic heterocycles. The van der Waals surface area contributed by atoms with E-state index in [0.717, 1.165) is 12.1 Å². The molecule has 1 aromatic carbocycles. The molecular weight excluding hydrogens is 176 g/mol. The summed E-state index contributed by atoms with van der Waals surface area (Å²) >= 11 is 0. The molecule has 0 aliphatic carbocycles. The van der Waals surface area contributed by atoms with Crippen LogP contribution in [0.4, 0.5) is 13.2 Å². The minimum atomic E-state index is -4.32. The van der Waals surface area contributed by atoms with Crippen LogP contribution in [0.2, 0.25) is 0 Å². The quantitative estimate of drug-likeness (QED) is 0.434. The average molecular weight is 182 g/mol. The fraction of sp³-hybridized carbons (Fsp3) is 0.125. The van der Waals surface area contributed by atoms with Crippen molar-refractivity contribution in [3.05, 3.63) is 36.9 Å². The number of benzene rings is 1. The molecule has 1 aromatic rings.